The van der Waals surface area contributed by atoms with E-state index in [0.29, 0.717) is 28.5 Å². The molecule has 0 aliphatic heterocycles. The third-order valence-corrected chi connectivity index (χ3v) is 5.52. The summed E-state index contributed by atoms with van der Waals surface area (Å²) in [6.45, 7) is 0. The van der Waals surface area contributed by atoms with Crippen molar-refractivity contribution < 1.29 is 9.66 Å². The Morgan fingerprint density at radius 2 is 1.73 bits per heavy atom. The van der Waals surface area contributed by atoms with Crippen molar-refractivity contribution in [3.05, 3.63) is 82.9 Å². The number of ether oxygens (including phenoxy) is 1. The quantitative estimate of drug-likeness (QED) is 0.235. The summed E-state index contributed by atoms with van der Waals surface area (Å²) in [5.41, 5.74) is 3.80. The lowest BCUT2D eigenvalue weighted by Crippen LogP contribution is -1.94. The van der Waals surface area contributed by atoms with E-state index >= 15 is 0 Å². The summed E-state index contributed by atoms with van der Waals surface area (Å²) in [4.78, 5) is 20.3. The lowest BCUT2D eigenvalue weighted by molar-refractivity contribution is -0.384. The number of aromatic amines is 1. The van der Waals surface area contributed by atoms with Crippen molar-refractivity contribution in [3.8, 4) is 39.7 Å². The summed E-state index contributed by atoms with van der Waals surface area (Å²) < 4.78 is 5.50. The second kappa shape index (κ2) is 8.42. The van der Waals surface area contributed by atoms with Gasteiger partial charge in [-0.15, -0.1) is 11.8 Å². The molecular weight excluding hydrogens is 398 g/mol. The smallest absolute Gasteiger partial charge is 0.270 e. The van der Waals surface area contributed by atoms with Gasteiger partial charge in [-0.05, 0) is 24.5 Å². The number of rotatable bonds is 6. The Morgan fingerprint density at radius 3 is 2.37 bits per heavy atom. The maximum Gasteiger partial charge on any atom is 0.270 e. The highest BCUT2D eigenvalue weighted by atomic mass is 32.2. The van der Waals surface area contributed by atoms with Crippen molar-refractivity contribution in [2.75, 3.05) is 13.4 Å². The fraction of sp³-hybridized carbons (Fsp3) is 0.0870. The number of hydrogen-bond acceptors (Lipinski definition) is 5. The molecule has 3 aromatic carbocycles. The lowest BCUT2D eigenvalue weighted by atomic mass is 10.0. The van der Waals surface area contributed by atoms with Crippen LogP contribution in [0.25, 0.3) is 33.9 Å². The molecule has 0 unspecified atom stereocenters. The number of thioether (sulfide) groups is 1. The Hall–Kier alpha value is -3.58. The number of aromatic nitrogens is 2. The molecule has 30 heavy (non-hydrogen) atoms. The summed E-state index contributed by atoms with van der Waals surface area (Å²) in [6.07, 6.45) is 2.03. The van der Waals surface area contributed by atoms with Crippen molar-refractivity contribution in [2.24, 2.45) is 0 Å². The van der Waals surface area contributed by atoms with Crippen molar-refractivity contribution in [2.45, 2.75) is 4.90 Å². The molecule has 1 aromatic heterocycles. The second-order valence-electron chi connectivity index (χ2n) is 6.55. The summed E-state index contributed by atoms with van der Waals surface area (Å²) in [5, 5.41) is 11.4. The van der Waals surface area contributed by atoms with Crippen LogP contribution < -0.4 is 4.74 Å². The highest BCUT2D eigenvalue weighted by Crippen LogP contribution is 2.39. The molecule has 4 aromatic rings. The average Bonchev–Trinajstić information content (AvgIpc) is 3.24. The van der Waals surface area contributed by atoms with E-state index in [1.165, 1.54) is 12.1 Å². The van der Waals surface area contributed by atoms with E-state index in [1.54, 1.807) is 24.9 Å². The van der Waals surface area contributed by atoms with E-state index in [0.717, 1.165) is 16.0 Å². The Bertz CT molecular complexity index is 1190. The molecule has 0 atom stereocenters. The zero-order valence-corrected chi connectivity index (χ0v) is 17.3. The van der Waals surface area contributed by atoms with Crippen LogP contribution in [0, 0.1) is 10.1 Å². The summed E-state index contributed by atoms with van der Waals surface area (Å²) in [5.74, 6) is 1.22. The van der Waals surface area contributed by atoms with Crippen LogP contribution in [0.4, 0.5) is 5.69 Å². The number of nitro benzene ring substituents is 1. The molecule has 4 rings (SSSR count). The first kappa shape index (κ1) is 19.7. The van der Waals surface area contributed by atoms with Crippen molar-refractivity contribution in [3.63, 3.8) is 0 Å². The van der Waals surface area contributed by atoms with Crippen molar-refractivity contribution in [1.82, 2.24) is 9.97 Å². The van der Waals surface area contributed by atoms with Gasteiger partial charge in [0.25, 0.3) is 5.69 Å². The Kier molecular flexibility index (Phi) is 5.54. The van der Waals surface area contributed by atoms with Crippen LogP contribution in [0.5, 0.6) is 5.75 Å². The summed E-state index contributed by atoms with van der Waals surface area (Å²) in [7, 11) is 1.55. The van der Waals surface area contributed by atoms with E-state index in [2.05, 4.69) is 4.98 Å². The Labute approximate surface area is 178 Å². The van der Waals surface area contributed by atoms with Gasteiger partial charge < -0.3 is 9.72 Å². The number of nitro groups is 1. The van der Waals surface area contributed by atoms with Gasteiger partial charge in [-0.1, -0.05) is 42.5 Å². The molecular formula is C23H19N3O3S. The maximum atomic E-state index is 11.4. The van der Waals surface area contributed by atoms with E-state index in [9.17, 15) is 10.1 Å². The second-order valence-corrected chi connectivity index (χ2v) is 7.42. The predicted molar refractivity (Wildman–Crippen MR) is 120 cm³/mol. The third kappa shape index (κ3) is 3.79. The first-order chi connectivity index (χ1) is 14.6. The number of H-pyrrole nitrogens is 1. The van der Waals surface area contributed by atoms with Crippen LogP contribution in [-0.2, 0) is 0 Å². The highest BCUT2D eigenvalue weighted by Gasteiger charge is 2.21. The molecule has 0 aliphatic carbocycles. The minimum atomic E-state index is -0.413. The van der Waals surface area contributed by atoms with Crippen LogP contribution in [0.15, 0.2) is 77.7 Å². The maximum absolute atomic E-state index is 11.4. The number of non-ortho nitro benzene ring substituents is 1. The molecule has 0 radical (unpaired) electrons. The van der Waals surface area contributed by atoms with Gasteiger partial charge in [0.1, 0.15) is 11.6 Å². The minimum absolute atomic E-state index is 0.00900. The molecule has 0 bridgehead atoms. The van der Waals surface area contributed by atoms with Gasteiger partial charge in [-0.3, -0.25) is 10.1 Å². The van der Waals surface area contributed by atoms with Gasteiger partial charge in [-0.25, -0.2) is 4.98 Å². The summed E-state index contributed by atoms with van der Waals surface area (Å²) in [6, 6.07) is 22.4. The Balaban J connectivity index is 1.93. The number of methoxy groups -OCH3 is 1. The fourth-order valence-electron chi connectivity index (χ4n) is 3.26. The molecule has 6 nitrogen and oxygen atoms in total. The number of imidazole rings is 1. The largest absolute Gasteiger partial charge is 0.496 e. The van der Waals surface area contributed by atoms with Crippen LogP contribution in [0.1, 0.15) is 0 Å². The summed E-state index contributed by atoms with van der Waals surface area (Å²) >= 11 is 1.67. The molecule has 0 aliphatic rings. The SMILES string of the molecule is COc1ccc([N+](=O)[O-])cc1-c1[nH]c(-c2ccc(SC)cc2)nc1-c1ccccc1. The standard InChI is InChI=1S/C23H19N3O3S/c1-29-20-13-10-17(26(27)28)14-19(20)22-21(15-6-4-3-5-7-15)24-23(25-22)16-8-11-18(30-2)12-9-16/h3-14H,1-2H3,(H,24,25). The van der Waals surface area contributed by atoms with E-state index in [4.69, 9.17) is 9.72 Å². The minimum Gasteiger partial charge on any atom is -0.496 e. The van der Waals surface area contributed by atoms with Gasteiger partial charge in [-0.2, -0.15) is 0 Å². The van der Waals surface area contributed by atoms with Gasteiger partial charge in [0.2, 0.25) is 0 Å². The predicted octanol–water partition coefficient (Wildman–Crippen LogP) is 6.05. The molecule has 1 heterocycles. The lowest BCUT2D eigenvalue weighted by Gasteiger charge is -2.09. The Morgan fingerprint density at radius 1 is 1.00 bits per heavy atom. The van der Waals surface area contributed by atoms with Crippen LogP contribution >= 0.6 is 11.8 Å². The van der Waals surface area contributed by atoms with Crippen LogP contribution in [-0.4, -0.2) is 28.3 Å². The fourth-order valence-corrected chi connectivity index (χ4v) is 3.67. The molecule has 0 saturated carbocycles. The third-order valence-electron chi connectivity index (χ3n) is 4.78. The topological polar surface area (TPSA) is 81.0 Å². The van der Waals surface area contributed by atoms with Gasteiger partial charge in [0.15, 0.2) is 0 Å². The zero-order valence-electron chi connectivity index (χ0n) is 16.5. The van der Waals surface area contributed by atoms with Crippen LogP contribution in [0.3, 0.4) is 0 Å². The molecule has 0 amide bonds. The number of hydrogen-bond donors (Lipinski definition) is 1. The van der Waals surface area contributed by atoms with E-state index in [-0.39, 0.29) is 5.69 Å². The first-order valence-corrected chi connectivity index (χ1v) is 10.5. The zero-order chi connectivity index (χ0) is 21.1. The number of nitrogens with zero attached hydrogens (tertiary/aromatic N) is 2. The van der Waals surface area contributed by atoms with Crippen molar-refractivity contribution >= 4 is 17.4 Å². The number of nitrogens with one attached hydrogen (secondary N) is 1. The van der Waals surface area contributed by atoms with Gasteiger partial charge in [0.05, 0.1) is 23.4 Å². The van der Waals surface area contributed by atoms with E-state index < -0.39 is 4.92 Å². The first-order valence-electron chi connectivity index (χ1n) is 9.23. The average molecular weight is 417 g/mol. The highest BCUT2D eigenvalue weighted by molar-refractivity contribution is 7.98. The van der Waals surface area contributed by atoms with Gasteiger partial charge in [0, 0.05) is 33.7 Å². The molecule has 7 heteroatoms. The van der Waals surface area contributed by atoms with Gasteiger partial charge >= 0.3 is 0 Å². The van der Waals surface area contributed by atoms with E-state index in [1.807, 2.05) is 60.9 Å². The molecule has 0 saturated heterocycles. The molecule has 0 spiro atoms. The van der Waals surface area contributed by atoms with Crippen LogP contribution in [0.2, 0.25) is 0 Å². The normalized spacial score (nSPS) is 10.7. The monoisotopic (exact) mass is 417 g/mol. The van der Waals surface area contributed by atoms with Crippen molar-refractivity contribution in [1.29, 1.82) is 0 Å². The molecule has 1 N–H and O–H groups in total. The molecule has 150 valence electrons. The number of benzene rings is 3. The molecule has 0 fully saturated rings.